The Morgan fingerprint density at radius 3 is 2.90 bits per heavy atom. The van der Waals surface area contributed by atoms with Crippen molar-refractivity contribution in [1.29, 1.82) is 0 Å². The Balaban J connectivity index is 1.99. The molecule has 1 atom stereocenters. The van der Waals surface area contributed by atoms with E-state index in [1.807, 2.05) is 6.92 Å². The summed E-state index contributed by atoms with van der Waals surface area (Å²) in [5.41, 5.74) is 0.239. The minimum Gasteiger partial charge on any atom is -0.370 e. The molecular weight excluding hydrogens is 280 g/mol. The number of sulfone groups is 1. The lowest BCUT2D eigenvalue weighted by molar-refractivity contribution is 0.0936. The second kappa shape index (κ2) is 6.17. The molecule has 0 saturated carbocycles. The Bertz CT molecular complexity index is 588. The predicted octanol–water partition coefficient (Wildman–Crippen LogP) is 0.215. The van der Waals surface area contributed by atoms with Crippen LogP contribution in [0, 0.1) is 0 Å². The van der Waals surface area contributed by atoms with Gasteiger partial charge in [-0.2, -0.15) is 0 Å². The van der Waals surface area contributed by atoms with Gasteiger partial charge in [0.1, 0.15) is 17.8 Å². The van der Waals surface area contributed by atoms with Crippen molar-refractivity contribution >= 4 is 21.6 Å². The van der Waals surface area contributed by atoms with Crippen molar-refractivity contribution in [3.05, 3.63) is 18.1 Å². The average Bonchev–Trinajstić information content (AvgIpc) is 2.76. The van der Waals surface area contributed by atoms with E-state index in [2.05, 4.69) is 20.6 Å². The third-order valence-corrected chi connectivity index (χ3v) is 4.79. The zero-order valence-electron chi connectivity index (χ0n) is 11.3. The number of aromatic nitrogens is 2. The molecule has 0 spiro atoms. The second-order valence-corrected chi connectivity index (χ2v) is 7.02. The van der Waals surface area contributed by atoms with Crippen LogP contribution in [-0.2, 0) is 9.84 Å². The third kappa shape index (κ3) is 3.89. The summed E-state index contributed by atoms with van der Waals surface area (Å²) in [7, 11) is -3.00. The lowest BCUT2D eigenvalue weighted by Gasteiger charge is -2.10. The van der Waals surface area contributed by atoms with E-state index >= 15 is 0 Å². The fourth-order valence-corrected chi connectivity index (χ4v) is 3.67. The largest absolute Gasteiger partial charge is 0.370 e. The standard InChI is InChI=1S/C12H18N4O3S/c1-2-4-13-11-6-10(14-8-15-11)12(17)16-9-3-5-20(18,19)7-9/h6,8-9H,2-5,7H2,1H3,(H,16,17)(H,13,14,15). The Hall–Kier alpha value is -1.70. The first-order valence-electron chi connectivity index (χ1n) is 6.57. The number of anilines is 1. The number of carbonyl (C=O) groups is 1. The van der Waals surface area contributed by atoms with Crippen LogP contribution in [0.1, 0.15) is 30.3 Å². The van der Waals surface area contributed by atoms with Gasteiger partial charge in [-0.15, -0.1) is 0 Å². The molecule has 1 amide bonds. The lowest BCUT2D eigenvalue weighted by atomic mass is 10.2. The zero-order valence-corrected chi connectivity index (χ0v) is 12.1. The van der Waals surface area contributed by atoms with Crippen LogP contribution in [0.2, 0.25) is 0 Å². The Morgan fingerprint density at radius 1 is 1.45 bits per heavy atom. The van der Waals surface area contributed by atoms with E-state index in [0.717, 1.165) is 13.0 Å². The highest BCUT2D eigenvalue weighted by Crippen LogP contribution is 2.12. The maximum Gasteiger partial charge on any atom is 0.270 e. The summed E-state index contributed by atoms with van der Waals surface area (Å²) in [5, 5.41) is 5.77. The van der Waals surface area contributed by atoms with Gasteiger partial charge in [0.25, 0.3) is 5.91 Å². The summed E-state index contributed by atoms with van der Waals surface area (Å²) in [6.45, 7) is 2.79. The SMILES string of the molecule is CCCNc1cc(C(=O)NC2CCS(=O)(=O)C2)ncn1. The summed E-state index contributed by atoms with van der Waals surface area (Å²) in [5.74, 6) is 0.357. The highest BCUT2D eigenvalue weighted by atomic mass is 32.2. The first-order valence-corrected chi connectivity index (χ1v) is 8.39. The van der Waals surface area contributed by atoms with Crippen LogP contribution < -0.4 is 10.6 Å². The molecule has 7 nitrogen and oxygen atoms in total. The number of hydrogen-bond donors (Lipinski definition) is 2. The second-order valence-electron chi connectivity index (χ2n) is 4.79. The van der Waals surface area contributed by atoms with E-state index in [0.29, 0.717) is 12.2 Å². The smallest absolute Gasteiger partial charge is 0.270 e. The summed E-state index contributed by atoms with van der Waals surface area (Å²) in [6, 6.07) is 1.24. The number of nitrogens with one attached hydrogen (secondary N) is 2. The monoisotopic (exact) mass is 298 g/mol. The number of rotatable bonds is 5. The molecule has 1 aromatic rings. The van der Waals surface area contributed by atoms with Crippen molar-refractivity contribution in [2.45, 2.75) is 25.8 Å². The van der Waals surface area contributed by atoms with Gasteiger partial charge < -0.3 is 10.6 Å². The first-order chi connectivity index (χ1) is 9.50. The maximum atomic E-state index is 12.0. The van der Waals surface area contributed by atoms with Gasteiger partial charge in [-0.05, 0) is 12.8 Å². The lowest BCUT2D eigenvalue weighted by Crippen LogP contribution is -2.36. The van der Waals surface area contributed by atoms with Crippen LogP contribution >= 0.6 is 0 Å². The van der Waals surface area contributed by atoms with Crippen LogP contribution in [0.4, 0.5) is 5.82 Å². The van der Waals surface area contributed by atoms with E-state index in [9.17, 15) is 13.2 Å². The van der Waals surface area contributed by atoms with Crippen molar-refractivity contribution in [1.82, 2.24) is 15.3 Å². The Kier molecular flexibility index (Phi) is 4.53. The summed E-state index contributed by atoms with van der Waals surface area (Å²) in [6.07, 6.45) is 2.73. The van der Waals surface area contributed by atoms with Crippen LogP contribution in [0.25, 0.3) is 0 Å². The van der Waals surface area contributed by atoms with Crippen molar-refractivity contribution in [3.63, 3.8) is 0 Å². The summed E-state index contributed by atoms with van der Waals surface area (Å²) < 4.78 is 22.7. The van der Waals surface area contributed by atoms with E-state index in [1.54, 1.807) is 6.07 Å². The normalized spacial score (nSPS) is 20.6. The molecule has 1 aliphatic rings. The predicted molar refractivity (Wildman–Crippen MR) is 75.3 cm³/mol. The molecule has 1 fully saturated rings. The van der Waals surface area contributed by atoms with Crippen LogP contribution in [0.15, 0.2) is 12.4 Å². The quantitative estimate of drug-likeness (QED) is 0.806. The summed E-state index contributed by atoms with van der Waals surface area (Å²) in [4.78, 5) is 19.9. The van der Waals surface area contributed by atoms with E-state index in [1.165, 1.54) is 6.33 Å². The van der Waals surface area contributed by atoms with Gasteiger partial charge >= 0.3 is 0 Å². The van der Waals surface area contributed by atoms with Crippen molar-refractivity contribution < 1.29 is 13.2 Å². The van der Waals surface area contributed by atoms with E-state index in [-0.39, 0.29) is 29.1 Å². The highest BCUT2D eigenvalue weighted by Gasteiger charge is 2.29. The molecular formula is C12H18N4O3S. The number of nitrogens with zero attached hydrogens (tertiary/aromatic N) is 2. The molecule has 1 aromatic heterocycles. The molecule has 2 rings (SSSR count). The maximum absolute atomic E-state index is 12.0. The summed E-state index contributed by atoms with van der Waals surface area (Å²) >= 11 is 0. The van der Waals surface area contributed by atoms with Crippen LogP contribution in [0.3, 0.4) is 0 Å². The molecule has 1 unspecified atom stereocenters. The first kappa shape index (κ1) is 14.7. The minimum atomic E-state index is -3.00. The fourth-order valence-electron chi connectivity index (χ4n) is 2.00. The van der Waals surface area contributed by atoms with Gasteiger partial charge in [-0.1, -0.05) is 6.92 Å². The molecule has 0 aromatic carbocycles. The molecule has 2 N–H and O–H groups in total. The van der Waals surface area contributed by atoms with Crippen molar-refractivity contribution in [2.75, 3.05) is 23.4 Å². The van der Waals surface area contributed by atoms with Gasteiger partial charge in [0.2, 0.25) is 0 Å². The molecule has 0 bridgehead atoms. The molecule has 0 aliphatic carbocycles. The van der Waals surface area contributed by atoms with Gasteiger partial charge in [0, 0.05) is 18.7 Å². The van der Waals surface area contributed by atoms with Gasteiger partial charge in [-0.3, -0.25) is 4.79 Å². The molecule has 110 valence electrons. The molecule has 8 heteroatoms. The molecule has 1 saturated heterocycles. The fraction of sp³-hybridized carbons (Fsp3) is 0.583. The Morgan fingerprint density at radius 2 is 2.25 bits per heavy atom. The van der Waals surface area contributed by atoms with E-state index < -0.39 is 9.84 Å². The van der Waals surface area contributed by atoms with Crippen LogP contribution in [0.5, 0.6) is 0 Å². The Labute approximate surface area is 118 Å². The highest BCUT2D eigenvalue weighted by molar-refractivity contribution is 7.91. The van der Waals surface area contributed by atoms with E-state index in [4.69, 9.17) is 0 Å². The zero-order chi connectivity index (χ0) is 14.6. The number of hydrogen-bond acceptors (Lipinski definition) is 6. The van der Waals surface area contributed by atoms with Crippen LogP contribution in [-0.4, -0.2) is 48.4 Å². The minimum absolute atomic E-state index is 0.00473. The van der Waals surface area contributed by atoms with Gasteiger partial charge in [0.15, 0.2) is 9.84 Å². The topological polar surface area (TPSA) is 101 Å². The molecule has 2 heterocycles. The third-order valence-electron chi connectivity index (χ3n) is 3.02. The van der Waals surface area contributed by atoms with Crippen molar-refractivity contribution in [3.8, 4) is 0 Å². The molecule has 1 aliphatic heterocycles. The van der Waals surface area contributed by atoms with Crippen molar-refractivity contribution in [2.24, 2.45) is 0 Å². The number of amides is 1. The average molecular weight is 298 g/mol. The molecule has 0 radical (unpaired) electrons. The van der Waals surface area contributed by atoms with Gasteiger partial charge in [-0.25, -0.2) is 18.4 Å². The van der Waals surface area contributed by atoms with Gasteiger partial charge in [0.05, 0.1) is 11.5 Å². The molecule has 20 heavy (non-hydrogen) atoms. The number of carbonyl (C=O) groups excluding carboxylic acids is 1.